The first-order valence-electron chi connectivity index (χ1n) is 34.5. The Morgan fingerprint density at radius 2 is 0.488 bits per heavy atom. The van der Waals surface area contributed by atoms with Crippen LogP contribution < -0.4 is 0 Å². The number of hydrogen-bond donors (Lipinski definition) is 0. The summed E-state index contributed by atoms with van der Waals surface area (Å²) in [6, 6.07) is 0. The Hall–Kier alpha value is -4.19. The third-order valence-corrected chi connectivity index (χ3v) is 14.7. The van der Waals surface area contributed by atoms with Gasteiger partial charge in [0, 0.05) is 19.3 Å². The SMILES string of the molecule is CC/C=C\C/C=C\C/C=C\C/C=C\C/C=C\C/C=C\C/C=C\CCCC(=O)OC(COC(=O)CCCCCCCCCCCC/C=C\C/C=C\C/C=C\CCCCCCC)COC(=O)CCCCCCCCCCCCCCCCCC. The molecule has 82 heavy (non-hydrogen) atoms. The second kappa shape index (κ2) is 69.3. The zero-order chi connectivity index (χ0) is 59.2. The lowest BCUT2D eigenvalue weighted by Gasteiger charge is -2.18. The highest BCUT2D eigenvalue weighted by Crippen LogP contribution is 2.16. The van der Waals surface area contributed by atoms with Crippen molar-refractivity contribution in [2.75, 3.05) is 13.2 Å². The van der Waals surface area contributed by atoms with E-state index >= 15 is 0 Å². The molecular weight excluding hydrogens is 1010 g/mol. The molecule has 0 bridgehead atoms. The van der Waals surface area contributed by atoms with Gasteiger partial charge in [0.25, 0.3) is 0 Å². The van der Waals surface area contributed by atoms with Crippen molar-refractivity contribution in [2.45, 2.75) is 329 Å². The monoisotopic (exact) mass is 1140 g/mol. The van der Waals surface area contributed by atoms with Crippen molar-refractivity contribution in [3.8, 4) is 0 Å². The van der Waals surface area contributed by atoms with Gasteiger partial charge >= 0.3 is 17.9 Å². The average molecular weight is 1140 g/mol. The Morgan fingerprint density at radius 1 is 0.256 bits per heavy atom. The summed E-state index contributed by atoms with van der Waals surface area (Å²) in [6.07, 6.45) is 96.4. The summed E-state index contributed by atoms with van der Waals surface area (Å²) in [7, 11) is 0. The lowest BCUT2D eigenvalue weighted by atomic mass is 10.0. The van der Waals surface area contributed by atoms with Gasteiger partial charge in [0.05, 0.1) is 0 Å². The van der Waals surface area contributed by atoms with E-state index in [1.165, 1.54) is 173 Å². The van der Waals surface area contributed by atoms with Crippen molar-refractivity contribution in [1.29, 1.82) is 0 Å². The topological polar surface area (TPSA) is 78.9 Å². The summed E-state index contributed by atoms with van der Waals surface area (Å²) in [5, 5.41) is 0. The first-order valence-corrected chi connectivity index (χ1v) is 34.5. The van der Waals surface area contributed by atoms with Crippen LogP contribution in [0.3, 0.4) is 0 Å². The standard InChI is InChI=1S/C76H128O6/c1-4-7-10-13-16-19-22-25-28-31-33-35-37-38-40-41-43-45-48-51-54-57-60-63-66-69-75(78)81-72-73(71-80-74(77)68-65-62-59-56-53-50-47-30-27-24-21-18-15-12-9-6-3)82-76(79)70-67-64-61-58-55-52-49-46-44-42-39-36-34-32-29-26-23-20-17-14-11-8-5-2/h8,11,17,20,22,25-26,29,31,33-34,36-38,42,44,49,52,58,61,73H,4-7,9-10,12-16,18-19,21,23-24,27-28,30,32,35,39-41,43,45-48,50-51,53-57,59-60,62-72H2,1-3H3/b11-8-,20-17-,25-22-,29-26-,33-31-,36-34-,38-37-,44-42-,52-49-,61-58-. The Labute approximate surface area is 507 Å². The molecule has 0 aliphatic rings. The first kappa shape index (κ1) is 77.8. The highest BCUT2D eigenvalue weighted by molar-refractivity contribution is 5.71. The van der Waals surface area contributed by atoms with Crippen LogP contribution in [0.5, 0.6) is 0 Å². The summed E-state index contributed by atoms with van der Waals surface area (Å²) < 4.78 is 16.9. The minimum Gasteiger partial charge on any atom is -0.462 e. The van der Waals surface area contributed by atoms with E-state index in [4.69, 9.17) is 14.2 Å². The molecule has 1 atom stereocenters. The molecule has 0 radical (unpaired) electrons. The predicted octanol–water partition coefficient (Wildman–Crippen LogP) is 23.9. The van der Waals surface area contributed by atoms with E-state index in [9.17, 15) is 14.4 Å². The largest absolute Gasteiger partial charge is 0.462 e. The normalized spacial score (nSPS) is 12.9. The zero-order valence-electron chi connectivity index (χ0n) is 53.7. The van der Waals surface area contributed by atoms with E-state index in [0.717, 1.165) is 103 Å². The molecule has 468 valence electrons. The highest BCUT2D eigenvalue weighted by Gasteiger charge is 2.19. The maximum absolute atomic E-state index is 12.9. The quantitative estimate of drug-likeness (QED) is 0.0261. The number of esters is 3. The van der Waals surface area contributed by atoms with E-state index in [1.54, 1.807) is 0 Å². The van der Waals surface area contributed by atoms with Gasteiger partial charge in [-0.05, 0) is 109 Å². The van der Waals surface area contributed by atoms with Crippen LogP contribution in [0, 0.1) is 0 Å². The molecule has 1 unspecified atom stereocenters. The molecule has 0 aliphatic heterocycles. The minimum absolute atomic E-state index is 0.102. The third-order valence-electron chi connectivity index (χ3n) is 14.7. The van der Waals surface area contributed by atoms with Crippen molar-refractivity contribution in [3.05, 3.63) is 122 Å². The third kappa shape index (κ3) is 66.6. The maximum Gasteiger partial charge on any atom is 0.306 e. The fraction of sp³-hybridized carbons (Fsp3) is 0.697. The predicted molar refractivity (Wildman–Crippen MR) is 357 cm³/mol. The molecule has 0 saturated heterocycles. The molecule has 6 heteroatoms. The minimum atomic E-state index is -0.814. The number of ether oxygens (including phenoxy) is 3. The molecule has 0 aromatic rings. The van der Waals surface area contributed by atoms with Gasteiger partial charge in [-0.1, -0.05) is 316 Å². The second-order valence-corrected chi connectivity index (χ2v) is 22.7. The molecule has 0 aliphatic carbocycles. The van der Waals surface area contributed by atoms with Gasteiger partial charge in [-0.2, -0.15) is 0 Å². The van der Waals surface area contributed by atoms with Crippen LogP contribution in [0.2, 0.25) is 0 Å². The van der Waals surface area contributed by atoms with Gasteiger partial charge < -0.3 is 14.2 Å². The van der Waals surface area contributed by atoms with Crippen molar-refractivity contribution < 1.29 is 28.6 Å². The number of hydrogen-bond acceptors (Lipinski definition) is 6. The van der Waals surface area contributed by atoms with Crippen LogP contribution in [-0.4, -0.2) is 37.2 Å². The van der Waals surface area contributed by atoms with E-state index in [2.05, 4.69) is 142 Å². The smallest absolute Gasteiger partial charge is 0.306 e. The summed E-state index contributed by atoms with van der Waals surface area (Å²) >= 11 is 0. The van der Waals surface area contributed by atoms with Crippen molar-refractivity contribution in [2.24, 2.45) is 0 Å². The molecule has 0 aromatic heterocycles. The maximum atomic E-state index is 12.9. The number of rotatable bonds is 62. The fourth-order valence-corrected chi connectivity index (χ4v) is 9.56. The van der Waals surface area contributed by atoms with Crippen molar-refractivity contribution >= 4 is 17.9 Å². The number of carbonyl (C=O) groups excluding carboxylic acids is 3. The van der Waals surface area contributed by atoms with Crippen LogP contribution in [0.1, 0.15) is 323 Å². The highest BCUT2D eigenvalue weighted by atomic mass is 16.6. The number of carbonyl (C=O) groups is 3. The molecule has 0 rings (SSSR count). The fourth-order valence-electron chi connectivity index (χ4n) is 9.56. The van der Waals surface area contributed by atoms with Crippen LogP contribution in [0.25, 0.3) is 0 Å². The van der Waals surface area contributed by atoms with Crippen LogP contribution in [0.4, 0.5) is 0 Å². The van der Waals surface area contributed by atoms with Crippen molar-refractivity contribution in [3.63, 3.8) is 0 Å². The number of unbranched alkanes of at least 4 members (excludes halogenated alkanes) is 31. The molecular formula is C76H128O6. The molecule has 0 saturated carbocycles. The van der Waals surface area contributed by atoms with Crippen LogP contribution in [-0.2, 0) is 28.6 Å². The van der Waals surface area contributed by atoms with Gasteiger partial charge in [-0.3, -0.25) is 14.4 Å². The number of allylic oxidation sites excluding steroid dienone is 20. The first-order chi connectivity index (χ1) is 40.5. The van der Waals surface area contributed by atoms with E-state index in [1.807, 2.05) is 0 Å². The molecule has 0 aromatic carbocycles. The van der Waals surface area contributed by atoms with E-state index < -0.39 is 6.10 Å². The molecule has 0 N–H and O–H groups in total. The average Bonchev–Trinajstić information content (AvgIpc) is 3.47. The van der Waals surface area contributed by atoms with Gasteiger partial charge in [0.1, 0.15) is 13.2 Å². The summed E-state index contributed by atoms with van der Waals surface area (Å²) in [5.74, 6) is -0.955. The Bertz CT molecular complexity index is 1690. The second-order valence-electron chi connectivity index (χ2n) is 22.7. The molecule has 0 heterocycles. The Kier molecular flexibility index (Phi) is 65.8. The van der Waals surface area contributed by atoms with Gasteiger partial charge in [0.2, 0.25) is 0 Å². The summed E-state index contributed by atoms with van der Waals surface area (Å²) in [6.45, 7) is 6.50. The molecule has 0 fully saturated rings. The van der Waals surface area contributed by atoms with Crippen LogP contribution in [0.15, 0.2) is 122 Å². The van der Waals surface area contributed by atoms with Gasteiger partial charge in [0.15, 0.2) is 6.10 Å². The summed E-state index contributed by atoms with van der Waals surface area (Å²) in [5.41, 5.74) is 0. The van der Waals surface area contributed by atoms with Crippen molar-refractivity contribution in [1.82, 2.24) is 0 Å². The van der Waals surface area contributed by atoms with Gasteiger partial charge in [-0.25, -0.2) is 0 Å². The zero-order valence-corrected chi connectivity index (χ0v) is 53.7. The molecule has 0 amide bonds. The van der Waals surface area contributed by atoms with E-state index in [0.29, 0.717) is 19.3 Å². The van der Waals surface area contributed by atoms with E-state index in [-0.39, 0.29) is 37.5 Å². The molecule has 0 spiro atoms. The molecule has 6 nitrogen and oxygen atoms in total. The lowest BCUT2D eigenvalue weighted by Crippen LogP contribution is -2.30. The van der Waals surface area contributed by atoms with Gasteiger partial charge in [-0.15, -0.1) is 0 Å². The Morgan fingerprint density at radius 3 is 0.780 bits per heavy atom. The Balaban J connectivity index is 4.46. The summed E-state index contributed by atoms with van der Waals surface area (Å²) in [4.78, 5) is 38.4. The lowest BCUT2D eigenvalue weighted by molar-refractivity contribution is -0.167. The van der Waals surface area contributed by atoms with Crippen LogP contribution >= 0.6 is 0 Å².